The van der Waals surface area contributed by atoms with Gasteiger partial charge in [0.1, 0.15) is 0 Å². The molecule has 0 saturated carbocycles. The van der Waals surface area contributed by atoms with Crippen molar-refractivity contribution in [3.05, 3.63) is 28.3 Å². The first-order valence-corrected chi connectivity index (χ1v) is 11.1. The maximum absolute atomic E-state index is 12.7. The highest BCUT2D eigenvalue weighted by atomic mass is 32.2. The van der Waals surface area contributed by atoms with Gasteiger partial charge in [-0.15, -0.1) is 0 Å². The first-order valence-electron chi connectivity index (χ1n) is 8.02. The van der Waals surface area contributed by atoms with E-state index in [-0.39, 0.29) is 17.2 Å². The van der Waals surface area contributed by atoms with E-state index in [0.717, 1.165) is 11.1 Å². The molecule has 0 spiro atoms. The highest BCUT2D eigenvalue weighted by Crippen LogP contribution is 2.25. The summed E-state index contributed by atoms with van der Waals surface area (Å²) in [7, 11) is -7.22. The zero-order valence-electron chi connectivity index (χ0n) is 15.3. The zero-order valence-corrected chi connectivity index (χ0v) is 16.9. The van der Waals surface area contributed by atoms with Crippen LogP contribution in [0.5, 0.6) is 0 Å². The van der Waals surface area contributed by atoms with E-state index in [0.29, 0.717) is 24.2 Å². The van der Waals surface area contributed by atoms with E-state index in [1.54, 1.807) is 27.7 Å². The summed E-state index contributed by atoms with van der Waals surface area (Å²) < 4.78 is 53.4. The Bertz CT molecular complexity index is 770. The molecule has 0 heterocycles. The number of aryl methyl sites for hydroxylation is 2. The maximum atomic E-state index is 12.7. The van der Waals surface area contributed by atoms with Crippen molar-refractivity contribution in [3.8, 4) is 0 Å². The number of hydrogen-bond acceptors (Lipinski definition) is 4. The van der Waals surface area contributed by atoms with Crippen molar-refractivity contribution in [2.75, 3.05) is 25.4 Å². The monoisotopic (exact) mass is 376 g/mol. The average molecular weight is 377 g/mol. The summed E-state index contributed by atoms with van der Waals surface area (Å²) >= 11 is 0. The lowest BCUT2D eigenvalue weighted by atomic mass is 10.0. The molecule has 0 unspecified atom stereocenters. The van der Waals surface area contributed by atoms with Crippen molar-refractivity contribution >= 4 is 20.0 Å². The highest BCUT2D eigenvalue weighted by molar-refractivity contribution is 7.90. The molecule has 0 saturated heterocycles. The molecule has 8 heteroatoms. The molecule has 24 heavy (non-hydrogen) atoms. The van der Waals surface area contributed by atoms with Crippen LogP contribution in [0.4, 0.5) is 0 Å². The smallest absolute Gasteiger partial charge is 0.212 e. The Labute approximate surface area is 146 Å². The number of nitrogens with zero attached hydrogens (tertiary/aromatic N) is 1. The maximum Gasteiger partial charge on any atom is 0.241 e. The van der Waals surface area contributed by atoms with Crippen LogP contribution < -0.4 is 4.72 Å². The molecule has 1 aromatic carbocycles. The van der Waals surface area contributed by atoms with Crippen molar-refractivity contribution in [2.24, 2.45) is 0 Å². The first-order chi connectivity index (χ1) is 11.0. The standard InChI is InChI=1S/C16H28N2O4S2/c1-7-18(8-2)23(19,20)10-9-17-24(21,22)16-14(5)12(3)11-13(4)15(16)6/h11,17H,7-10H2,1-6H3. The SMILES string of the molecule is CCN(CC)S(=O)(=O)CCNS(=O)(=O)c1c(C)c(C)cc(C)c1C. The predicted molar refractivity (Wildman–Crippen MR) is 97.3 cm³/mol. The van der Waals surface area contributed by atoms with Gasteiger partial charge in [-0.1, -0.05) is 19.9 Å². The van der Waals surface area contributed by atoms with Crippen LogP contribution >= 0.6 is 0 Å². The molecule has 0 aliphatic carbocycles. The summed E-state index contributed by atoms with van der Waals surface area (Å²) in [6, 6.07) is 1.95. The van der Waals surface area contributed by atoms with Gasteiger partial charge in [-0.3, -0.25) is 0 Å². The number of benzene rings is 1. The topological polar surface area (TPSA) is 83.6 Å². The lowest BCUT2D eigenvalue weighted by Gasteiger charge is -2.19. The van der Waals surface area contributed by atoms with Crippen molar-refractivity contribution in [3.63, 3.8) is 0 Å². The fraction of sp³-hybridized carbons (Fsp3) is 0.625. The lowest BCUT2D eigenvalue weighted by Crippen LogP contribution is -2.37. The predicted octanol–water partition coefficient (Wildman–Crippen LogP) is 1.87. The van der Waals surface area contributed by atoms with Gasteiger partial charge in [0, 0.05) is 19.6 Å². The fourth-order valence-electron chi connectivity index (χ4n) is 2.71. The van der Waals surface area contributed by atoms with Gasteiger partial charge in [-0.05, 0) is 49.9 Å². The Morgan fingerprint density at radius 1 is 0.917 bits per heavy atom. The molecule has 1 aromatic rings. The van der Waals surface area contributed by atoms with Crippen LogP contribution in [0.2, 0.25) is 0 Å². The molecule has 0 amide bonds. The van der Waals surface area contributed by atoms with Crippen LogP contribution in [-0.2, 0) is 20.0 Å². The minimum atomic E-state index is -3.76. The largest absolute Gasteiger partial charge is 0.241 e. The molecule has 0 aliphatic heterocycles. The van der Waals surface area contributed by atoms with Gasteiger partial charge in [-0.25, -0.2) is 25.9 Å². The van der Waals surface area contributed by atoms with Crippen LogP contribution in [0, 0.1) is 27.7 Å². The van der Waals surface area contributed by atoms with Crippen LogP contribution in [0.15, 0.2) is 11.0 Å². The fourth-order valence-corrected chi connectivity index (χ4v) is 5.88. The molecular formula is C16H28N2O4S2. The third kappa shape index (κ3) is 4.56. The van der Waals surface area contributed by atoms with Gasteiger partial charge in [0.15, 0.2) is 0 Å². The summed E-state index contributed by atoms with van der Waals surface area (Å²) in [5, 5.41) is 0. The highest BCUT2D eigenvalue weighted by Gasteiger charge is 2.24. The third-order valence-corrected chi connectivity index (χ3v) is 8.07. The van der Waals surface area contributed by atoms with Crippen LogP contribution in [0.3, 0.4) is 0 Å². The summed E-state index contributed by atoms with van der Waals surface area (Å²) in [4.78, 5) is 0.250. The molecule has 1 rings (SSSR count). The number of sulfonamides is 2. The van der Waals surface area contributed by atoms with Crippen LogP contribution in [-0.4, -0.2) is 46.5 Å². The molecule has 6 nitrogen and oxygen atoms in total. The lowest BCUT2D eigenvalue weighted by molar-refractivity contribution is 0.445. The van der Waals surface area contributed by atoms with Crippen molar-refractivity contribution in [1.29, 1.82) is 0 Å². The van der Waals surface area contributed by atoms with E-state index in [4.69, 9.17) is 0 Å². The van der Waals surface area contributed by atoms with E-state index in [2.05, 4.69) is 4.72 Å². The Kier molecular flexibility index (Phi) is 6.98. The van der Waals surface area contributed by atoms with Crippen molar-refractivity contribution in [1.82, 2.24) is 9.03 Å². The minimum absolute atomic E-state index is 0.146. The molecule has 138 valence electrons. The second-order valence-corrected chi connectivity index (χ2v) is 9.68. The second kappa shape index (κ2) is 7.95. The van der Waals surface area contributed by atoms with Gasteiger partial charge >= 0.3 is 0 Å². The van der Waals surface area contributed by atoms with E-state index in [9.17, 15) is 16.8 Å². The van der Waals surface area contributed by atoms with Gasteiger partial charge in [-0.2, -0.15) is 0 Å². The summed E-state index contributed by atoms with van der Waals surface area (Å²) in [6.07, 6.45) is 0. The average Bonchev–Trinajstić information content (AvgIpc) is 2.45. The molecule has 0 fully saturated rings. The number of rotatable bonds is 8. The Morgan fingerprint density at radius 3 is 1.79 bits per heavy atom. The molecule has 0 radical (unpaired) electrons. The normalized spacial score (nSPS) is 12.8. The summed E-state index contributed by atoms with van der Waals surface area (Å²) in [6.45, 7) is 11.4. The van der Waals surface area contributed by atoms with Crippen molar-refractivity contribution in [2.45, 2.75) is 46.4 Å². The van der Waals surface area contributed by atoms with Gasteiger partial charge in [0.25, 0.3) is 0 Å². The van der Waals surface area contributed by atoms with E-state index in [1.807, 2.05) is 19.9 Å². The molecule has 0 bridgehead atoms. The van der Waals surface area contributed by atoms with Gasteiger partial charge in [0.05, 0.1) is 10.6 Å². The van der Waals surface area contributed by atoms with E-state index < -0.39 is 20.0 Å². The van der Waals surface area contributed by atoms with Crippen molar-refractivity contribution < 1.29 is 16.8 Å². The van der Waals surface area contributed by atoms with E-state index >= 15 is 0 Å². The summed E-state index contributed by atoms with van der Waals surface area (Å²) in [5.74, 6) is -0.253. The zero-order chi connectivity index (χ0) is 18.7. The molecular weight excluding hydrogens is 348 g/mol. The second-order valence-electron chi connectivity index (χ2n) is 5.89. The molecule has 0 aliphatic rings. The van der Waals surface area contributed by atoms with E-state index in [1.165, 1.54) is 4.31 Å². The molecule has 1 N–H and O–H groups in total. The third-order valence-electron chi connectivity index (χ3n) is 4.32. The minimum Gasteiger partial charge on any atom is -0.212 e. The first kappa shape index (κ1) is 21.1. The summed E-state index contributed by atoms with van der Waals surface area (Å²) in [5.41, 5.74) is 3.18. The van der Waals surface area contributed by atoms with Crippen LogP contribution in [0.25, 0.3) is 0 Å². The Morgan fingerprint density at radius 2 is 1.38 bits per heavy atom. The van der Waals surface area contributed by atoms with Crippen LogP contribution in [0.1, 0.15) is 36.1 Å². The Balaban J connectivity index is 3.02. The number of hydrogen-bond donors (Lipinski definition) is 1. The molecule has 0 aromatic heterocycles. The quantitative estimate of drug-likeness (QED) is 0.751. The van der Waals surface area contributed by atoms with Gasteiger partial charge < -0.3 is 0 Å². The molecule has 0 atom stereocenters. The number of nitrogens with one attached hydrogen (secondary N) is 1. The van der Waals surface area contributed by atoms with Gasteiger partial charge in [0.2, 0.25) is 20.0 Å². The Hall–Kier alpha value is -0.960.